The highest BCUT2D eigenvalue weighted by atomic mass is 19.4. The highest BCUT2D eigenvalue weighted by Crippen LogP contribution is 2.76. The summed E-state index contributed by atoms with van der Waals surface area (Å²) in [5, 5.41) is 1.62. The fraction of sp³-hybridized carbons (Fsp3) is 0.833. The number of fused-ring (bicyclic) bond motifs is 7. The van der Waals surface area contributed by atoms with Gasteiger partial charge < -0.3 is 5.32 Å². The van der Waals surface area contributed by atoms with Crippen LogP contribution in [0.1, 0.15) is 127 Å². The lowest BCUT2D eigenvalue weighted by molar-refractivity contribution is -0.267. The van der Waals surface area contributed by atoms with Crippen LogP contribution in [0, 0.1) is 50.7 Å². The standard InChI is InChI=1S/C32H48O5.C4H6F3NO/c1-19(2)25-22(34)18-32(27(35)37-36-20(3)33)17-16-30(7)21(26(25)32)10-11-24-29(6)14-9-13-28(4,5)23(29)12-15-31(24,30)8;1-3(9)8-2-4(5,6)7/h19,21,23-24H,9-18H2,1-8H3;2H2,1H3,(H,8,9)/t21-,23+,24-,29+,30-,31-,32-;/m1./s1. The van der Waals surface area contributed by atoms with Crippen molar-refractivity contribution in [3.05, 3.63) is 11.1 Å². The molecule has 5 aliphatic rings. The van der Waals surface area contributed by atoms with Crippen LogP contribution < -0.4 is 5.32 Å². The Labute approximate surface area is 272 Å². The molecule has 5 aliphatic carbocycles. The zero-order chi connectivity index (χ0) is 34.7. The normalized spacial score (nSPS) is 37.9. The van der Waals surface area contributed by atoms with Gasteiger partial charge in [0.1, 0.15) is 12.0 Å². The van der Waals surface area contributed by atoms with E-state index < -0.39 is 36.0 Å². The van der Waals surface area contributed by atoms with Crippen molar-refractivity contribution in [2.45, 2.75) is 133 Å². The Morgan fingerprint density at radius 2 is 1.52 bits per heavy atom. The first-order valence-electron chi connectivity index (χ1n) is 17.0. The number of carbonyl (C=O) groups excluding carboxylic acids is 4. The maximum atomic E-state index is 13.6. The van der Waals surface area contributed by atoms with Crippen molar-refractivity contribution in [3.8, 4) is 0 Å². The van der Waals surface area contributed by atoms with Crippen LogP contribution in [-0.2, 0) is 29.0 Å². The van der Waals surface area contributed by atoms with Crippen LogP contribution in [0.2, 0.25) is 0 Å². The Hall–Kier alpha value is -2.39. The minimum absolute atomic E-state index is 0.0107. The Kier molecular flexibility index (Phi) is 9.70. The molecule has 0 bridgehead atoms. The van der Waals surface area contributed by atoms with Gasteiger partial charge in [0, 0.05) is 20.3 Å². The molecule has 1 amide bonds. The van der Waals surface area contributed by atoms with Crippen LogP contribution in [-0.4, -0.2) is 36.4 Å². The van der Waals surface area contributed by atoms with Crippen molar-refractivity contribution in [2.75, 3.05) is 6.54 Å². The zero-order valence-corrected chi connectivity index (χ0v) is 29.2. The maximum Gasteiger partial charge on any atom is 0.405 e. The molecule has 4 saturated carbocycles. The number of alkyl halides is 3. The third kappa shape index (κ3) is 6.04. The van der Waals surface area contributed by atoms with Gasteiger partial charge >= 0.3 is 18.1 Å². The second-order valence-corrected chi connectivity index (χ2v) is 16.6. The molecule has 0 radical (unpaired) electrons. The summed E-state index contributed by atoms with van der Waals surface area (Å²) in [5.41, 5.74) is 1.78. The first kappa shape index (κ1) is 36.4. The Bertz CT molecular complexity index is 1290. The van der Waals surface area contributed by atoms with Gasteiger partial charge in [-0.2, -0.15) is 13.2 Å². The minimum Gasteiger partial charge on any atom is -0.347 e. The summed E-state index contributed by atoms with van der Waals surface area (Å²) in [5.74, 6) is -0.178. The van der Waals surface area contributed by atoms with Crippen molar-refractivity contribution in [1.29, 1.82) is 0 Å². The summed E-state index contributed by atoms with van der Waals surface area (Å²) in [6.07, 6.45) is 5.95. The molecule has 4 fully saturated rings. The molecule has 5 rings (SSSR count). The Balaban J connectivity index is 0.000000468. The van der Waals surface area contributed by atoms with Crippen molar-refractivity contribution in [3.63, 3.8) is 0 Å². The second kappa shape index (κ2) is 12.2. The fourth-order valence-corrected chi connectivity index (χ4v) is 11.4. The van der Waals surface area contributed by atoms with Crippen molar-refractivity contribution in [2.24, 2.45) is 50.7 Å². The highest BCUT2D eigenvalue weighted by Gasteiger charge is 2.70. The molecular weight excluding hydrogens is 599 g/mol. The summed E-state index contributed by atoms with van der Waals surface area (Å²) in [6, 6.07) is 0. The molecule has 0 unspecified atom stereocenters. The van der Waals surface area contributed by atoms with Gasteiger partial charge in [0.25, 0.3) is 0 Å². The number of carbonyl (C=O) groups is 4. The number of hydrogen-bond donors (Lipinski definition) is 1. The first-order valence-corrected chi connectivity index (χ1v) is 17.0. The van der Waals surface area contributed by atoms with Crippen LogP contribution in [0.15, 0.2) is 11.1 Å². The van der Waals surface area contributed by atoms with E-state index in [1.807, 2.05) is 0 Å². The van der Waals surface area contributed by atoms with Crippen LogP contribution in [0.5, 0.6) is 0 Å². The highest BCUT2D eigenvalue weighted by molar-refractivity contribution is 6.06. The predicted octanol–water partition coefficient (Wildman–Crippen LogP) is 8.06. The number of hydrogen-bond acceptors (Lipinski definition) is 6. The summed E-state index contributed by atoms with van der Waals surface area (Å²) in [7, 11) is 0. The van der Waals surface area contributed by atoms with E-state index in [9.17, 15) is 32.3 Å². The third-order valence-corrected chi connectivity index (χ3v) is 13.3. The lowest BCUT2D eigenvalue weighted by Crippen LogP contribution is -2.64. The molecule has 46 heavy (non-hydrogen) atoms. The summed E-state index contributed by atoms with van der Waals surface area (Å²) in [6.45, 7) is 17.8. The van der Waals surface area contributed by atoms with Gasteiger partial charge in [0.15, 0.2) is 5.78 Å². The molecule has 7 nitrogen and oxygen atoms in total. The maximum absolute atomic E-state index is 13.6. The van der Waals surface area contributed by atoms with Gasteiger partial charge in [-0.15, -0.1) is 0 Å². The number of Topliss-reactive ketones (excluding diaryl/α,β-unsaturated/α-hetero) is 1. The van der Waals surface area contributed by atoms with Gasteiger partial charge in [0.2, 0.25) is 5.91 Å². The third-order valence-electron chi connectivity index (χ3n) is 13.3. The molecule has 0 spiro atoms. The molecule has 0 aliphatic heterocycles. The van der Waals surface area contributed by atoms with Gasteiger partial charge in [-0.05, 0) is 108 Å². The molecular formula is C36H54F3NO6. The van der Waals surface area contributed by atoms with E-state index in [4.69, 9.17) is 9.78 Å². The number of nitrogens with one attached hydrogen (secondary N) is 1. The molecule has 7 atom stereocenters. The van der Waals surface area contributed by atoms with Crippen LogP contribution in [0.25, 0.3) is 0 Å². The lowest BCUT2D eigenvalue weighted by atomic mass is 9.33. The van der Waals surface area contributed by atoms with Crippen LogP contribution in [0.3, 0.4) is 0 Å². The molecule has 0 heterocycles. The molecule has 260 valence electrons. The van der Waals surface area contributed by atoms with Crippen LogP contribution in [0.4, 0.5) is 13.2 Å². The SMILES string of the molecule is CC(=O)NCC(F)(F)F.CC(=O)OOC(=O)[C@@]12CC[C@]3(C)[C@H](CC[C@@H]4[C@@]5(C)CCCC(C)(C)[C@@H]5CC[C@]43C)C1=C(C(C)C)C(=O)C2. The van der Waals surface area contributed by atoms with E-state index in [-0.39, 0.29) is 34.9 Å². The average Bonchev–Trinajstić information content (AvgIpc) is 3.23. The summed E-state index contributed by atoms with van der Waals surface area (Å²) in [4.78, 5) is 58.3. The Morgan fingerprint density at radius 1 is 0.870 bits per heavy atom. The monoisotopic (exact) mass is 653 g/mol. The van der Waals surface area contributed by atoms with Gasteiger partial charge in [0.05, 0.1) is 0 Å². The number of amides is 1. The smallest absolute Gasteiger partial charge is 0.347 e. The quantitative estimate of drug-likeness (QED) is 0.244. The number of halogens is 3. The Morgan fingerprint density at radius 3 is 2.07 bits per heavy atom. The number of allylic oxidation sites excluding steroid dienone is 1. The summed E-state index contributed by atoms with van der Waals surface area (Å²) >= 11 is 0. The predicted molar refractivity (Wildman–Crippen MR) is 167 cm³/mol. The molecule has 0 saturated heterocycles. The van der Waals surface area contributed by atoms with E-state index in [1.54, 1.807) is 5.32 Å². The van der Waals surface area contributed by atoms with Gasteiger partial charge in [-0.25, -0.2) is 19.4 Å². The first-order chi connectivity index (χ1) is 21.1. The molecule has 0 aromatic heterocycles. The van der Waals surface area contributed by atoms with Crippen molar-refractivity contribution < 1.29 is 42.1 Å². The molecule has 0 aromatic carbocycles. The molecule has 1 N–H and O–H groups in total. The molecule has 0 aromatic rings. The van der Waals surface area contributed by atoms with E-state index in [2.05, 4.69) is 48.5 Å². The van der Waals surface area contributed by atoms with E-state index in [0.717, 1.165) is 43.3 Å². The molecule has 10 heteroatoms. The van der Waals surface area contributed by atoms with E-state index >= 15 is 0 Å². The summed E-state index contributed by atoms with van der Waals surface area (Å²) < 4.78 is 33.6. The topological polar surface area (TPSA) is 98.8 Å². The largest absolute Gasteiger partial charge is 0.405 e. The second-order valence-electron chi connectivity index (χ2n) is 16.6. The van der Waals surface area contributed by atoms with Gasteiger partial charge in [-0.3, -0.25) is 9.59 Å². The van der Waals surface area contributed by atoms with Gasteiger partial charge in [-0.1, -0.05) is 54.9 Å². The number of rotatable bonds is 3. The van der Waals surface area contributed by atoms with Crippen LogP contribution >= 0.6 is 0 Å². The van der Waals surface area contributed by atoms with Crippen molar-refractivity contribution in [1.82, 2.24) is 5.32 Å². The van der Waals surface area contributed by atoms with E-state index in [1.165, 1.54) is 39.0 Å². The van der Waals surface area contributed by atoms with Crippen molar-refractivity contribution >= 4 is 23.6 Å². The minimum atomic E-state index is -4.30. The van der Waals surface area contributed by atoms with E-state index in [0.29, 0.717) is 23.2 Å². The fourth-order valence-electron chi connectivity index (χ4n) is 11.4. The number of ketones is 1. The average molecular weight is 654 g/mol. The lowest BCUT2D eigenvalue weighted by Gasteiger charge is -2.71. The zero-order valence-electron chi connectivity index (χ0n) is 29.2.